The van der Waals surface area contributed by atoms with Gasteiger partial charge in [-0.05, 0) is 32.4 Å². The van der Waals surface area contributed by atoms with Crippen molar-refractivity contribution in [1.29, 1.82) is 0 Å². The Morgan fingerprint density at radius 1 is 1.15 bits per heavy atom. The van der Waals surface area contributed by atoms with Crippen LogP contribution in [0, 0.1) is 11.3 Å². The standard InChI is InChI=1S/C21H25N3O3/c1-20(2)15-10-21(11-24(12-21)19-22-8-5-9-23-19)13-26-17(15)14-6-4-7-16(25-3)18(14)27-20/h4-9,15,17H,10-13H2,1-3H3/t15-,17+/m0/s1. The fourth-order valence-corrected chi connectivity index (χ4v) is 4.88. The van der Waals surface area contributed by atoms with E-state index in [4.69, 9.17) is 14.2 Å². The molecule has 5 rings (SSSR count). The van der Waals surface area contributed by atoms with Crippen molar-refractivity contribution in [2.75, 3.05) is 31.7 Å². The Morgan fingerprint density at radius 3 is 2.67 bits per heavy atom. The van der Waals surface area contributed by atoms with Gasteiger partial charge in [-0.2, -0.15) is 0 Å². The first-order valence-electron chi connectivity index (χ1n) is 9.51. The lowest BCUT2D eigenvalue weighted by atomic mass is 9.65. The Bertz CT molecular complexity index is 849. The van der Waals surface area contributed by atoms with Crippen LogP contribution < -0.4 is 14.4 Å². The minimum absolute atomic E-state index is 0.0477. The minimum atomic E-state index is -0.316. The predicted octanol–water partition coefficient (Wildman–Crippen LogP) is 3.24. The summed E-state index contributed by atoms with van der Waals surface area (Å²) in [6.45, 7) is 6.95. The maximum Gasteiger partial charge on any atom is 0.225 e. The van der Waals surface area contributed by atoms with Crippen LogP contribution in [0.25, 0.3) is 0 Å². The van der Waals surface area contributed by atoms with Gasteiger partial charge in [0.05, 0.1) is 19.8 Å². The molecule has 0 saturated carbocycles. The van der Waals surface area contributed by atoms with Gasteiger partial charge in [0, 0.05) is 42.4 Å². The number of hydrogen-bond acceptors (Lipinski definition) is 6. The van der Waals surface area contributed by atoms with Crippen LogP contribution in [0.1, 0.15) is 31.9 Å². The number of nitrogens with zero attached hydrogens (tertiary/aromatic N) is 3. The molecule has 2 fully saturated rings. The highest BCUT2D eigenvalue weighted by Crippen LogP contribution is 2.56. The molecule has 27 heavy (non-hydrogen) atoms. The summed E-state index contributed by atoms with van der Waals surface area (Å²) >= 11 is 0. The van der Waals surface area contributed by atoms with Crippen molar-refractivity contribution in [2.24, 2.45) is 11.3 Å². The summed E-state index contributed by atoms with van der Waals surface area (Å²) in [4.78, 5) is 11.0. The number of fused-ring (bicyclic) bond motifs is 3. The summed E-state index contributed by atoms with van der Waals surface area (Å²) in [5.74, 6) is 2.71. The molecule has 0 amide bonds. The molecule has 1 aromatic heterocycles. The van der Waals surface area contributed by atoms with E-state index in [0.29, 0.717) is 5.92 Å². The number of para-hydroxylation sites is 1. The van der Waals surface area contributed by atoms with Crippen LogP contribution in [0.3, 0.4) is 0 Å². The lowest BCUT2D eigenvalue weighted by Crippen LogP contribution is -2.64. The quantitative estimate of drug-likeness (QED) is 0.812. The normalized spacial score (nSPS) is 27.1. The number of anilines is 1. The summed E-state index contributed by atoms with van der Waals surface area (Å²) in [5.41, 5.74) is 0.942. The molecule has 142 valence electrons. The van der Waals surface area contributed by atoms with E-state index < -0.39 is 0 Å². The van der Waals surface area contributed by atoms with Crippen molar-refractivity contribution in [2.45, 2.75) is 32.0 Å². The van der Waals surface area contributed by atoms with Crippen molar-refractivity contribution in [3.05, 3.63) is 42.2 Å². The van der Waals surface area contributed by atoms with Gasteiger partial charge in [0.25, 0.3) is 0 Å². The molecule has 2 atom stereocenters. The zero-order valence-electron chi connectivity index (χ0n) is 16.0. The summed E-state index contributed by atoms with van der Waals surface area (Å²) in [7, 11) is 1.68. The zero-order valence-corrected chi connectivity index (χ0v) is 16.0. The molecule has 1 aromatic carbocycles. The summed E-state index contributed by atoms with van der Waals surface area (Å²) in [5, 5.41) is 0. The molecular formula is C21H25N3O3. The first-order chi connectivity index (χ1) is 13.0. The first-order valence-corrected chi connectivity index (χ1v) is 9.51. The lowest BCUT2D eigenvalue weighted by Gasteiger charge is -2.58. The van der Waals surface area contributed by atoms with Crippen molar-refractivity contribution in [3.8, 4) is 11.5 Å². The second kappa shape index (κ2) is 5.83. The summed E-state index contributed by atoms with van der Waals surface area (Å²) in [6.07, 6.45) is 4.71. The molecule has 6 heteroatoms. The minimum Gasteiger partial charge on any atom is -0.493 e. The van der Waals surface area contributed by atoms with Crippen LogP contribution in [-0.4, -0.2) is 42.4 Å². The average Bonchev–Trinajstić information content (AvgIpc) is 2.66. The zero-order chi connectivity index (χ0) is 18.6. The number of rotatable bonds is 2. The molecule has 0 unspecified atom stereocenters. The van der Waals surface area contributed by atoms with Crippen molar-refractivity contribution >= 4 is 5.95 Å². The average molecular weight is 367 g/mol. The molecule has 6 nitrogen and oxygen atoms in total. The Labute approximate surface area is 159 Å². The molecule has 0 aliphatic carbocycles. The topological polar surface area (TPSA) is 56.7 Å². The van der Waals surface area contributed by atoms with Crippen LogP contribution in [0.5, 0.6) is 11.5 Å². The van der Waals surface area contributed by atoms with Gasteiger partial charge >= 0.3 is 0 Å². The van der Waals surface area contributed by atoms with E-state index in [-0.39, 0.29) is 17.1 Å². The Balaban J connectivity index is 1.40. The van der Waals surface area contributed by atoms with E-state index in [1.54, 1.807) is 19.5 Å². The van der Waals surface area contributed by atoms with Gasteiger partial charge < -0.3 is 19.1 Å². The predicted molar refractivity (Wildman–Crippen MR) is 101 cm³/mol. The highest BCUT2D eigenvalue weighted by molar-refractivity contribution is 5.50. The Kier molecular flexibility index (Phi) is 3.63. The van der Waals surface area contributed by atoms with Gasteiger partial charge in [0.2, 0.25) is 5.95 Å². The second-order valence-corrected chi connectivity index (χ2v) is 8.53. The SMILES string of the molecule is COc1cccc2c1OC(C)(C)[C@H]1CC3(CO[C@H]21)CN(c1ncccn1)C3. The highest BCUT2D eigenvalue weighted by atomic mass is 16.5. The van der Waals surface area contributed by atoms with Gasteiger partial charge in [-0.25, -0.2) is 9.97 Å². The van der Waals surface area contributed by atoms with Crippen LogP contribution in [0.2, 0.25) is 0 Å². The molecule has 1 spiro atoms. The van der Waals surface area contributed by atoms with E-state index in [1.807, 2.05) is 18.2 Å². The fourth-order valence-electron chi connectivity index (χ4n) is 4.88. The molecule has 0 N–H and O–H groups in total. The molecular weight excluding hydrogens is 342 g/mol. The number of hydrogen-bond donors (Lipinski definition) is 0. The van der Waals surface area contributed by atoms with E-state index in [9.17, 15) is 0 Å². The Morgan fingerprint density at radius 2 is 1.93 bits per heavy atom. The van der Waals surface area contributed by atoms with Gasteiger partial charge in [0.1, 0.15) is 5.60 Å². The van der Waals surface area contributed by atoms with Gasteiger partial charge in [-0.1, -0.05) is 12.1 Å². The van der Waals surface area contributed by atoms with Crippen LogP contribution in [0.15, 0.2) is 36.7 Å². The van der Waals surface area contributed by atoms with Gasteiger partial charge in [-0.15, -0.1) is 0 Å². The largest absolute Gasteiger partial charge is 0.493 e. The Hall–Kier alpha value is -2.34. The molecule has 2 saturated heterocycles. The van der Waals surface area contributed by atoms with E-state index >= 15 is 0 Å². The maximum absolute atomic E-state index is 6.48. The monoisotopic (exact) mass is 367 g/mol. The number of methoxy groups -OCH3 is 1. The van der Waals surface area contributed by atoms with Gasteiger partial charge in [0.15, 0.2) is 11.5 Å². The van der Waals surface area contributed by atoms with E-state index in [0.717, 1.165) is 49.1 Å². The third-order valence-electron chi connectivity index (χ3n) is 6.27. The van der Waals surface area contributed by atoms with Crippen LogP contribution >= 0.6 is 0 Å². The second-order valence-electron chi connectivity index (χ2n) is 8.53. The van der Waals surface area contributed by atoms with Crippen molar-refractivity contribution in [3.63, 3.8) is 0 Å². The summed E-state index contributed by atoms with van der Waals surface area (Å²) < 4.78 is 18.4. The summed E-state index contributed by atoms with van der Waals surface area (Å²) in [6, 6.07) is 7.92. The maximum atomic E-state index is 6.48. The lowest BCUT2D eigenvalue weighted by molar-refractivity contribution is -0.170. The number of aromatic nitrogens is 2. The molecule has 4 heterocycles. The van der Waals surface area contributed by atoms with Crippen molar-refractivity contribution in [1.82, 2.24) is 9.97 Å². The van der Waals surface area contributed by atoms with Crippen LogP contribution in [-0.2, 0) is 4.74 Å². The van der Waals surface area contributed by atoms with Gasteiger partial charge in [-0.3, -0.25) is 0 Å². The first kappa shape index (κ1) is 16.8. The molecule has 3 aliphatic rings. The fraction of sp³-hybridized carbons (Fsp3) is 0.524. The molecule has 0 bridgehead atoms. The van der Waals surface area contributed by atoms with Crippen molar-refractivity contribution < 1.29 is 14.2 Å². The van der Waals surface area contributed by atoms with E-state index in [1.165, 1.54) is 0 Å². The third-order valence-corrected chi connectivity index (χ3v) is 6.27. The molecule has 3 aliphatic heterocycles. The molecule has 2 aromatic rings. The van der Waals surface area contributed by atoms with E-state index in [2.05, 4.69) is 34.8 Å². The number of ether oxygens (including phenoxy) is 3. The number of benzene rings is 1. The highest BCUT2D eigenvalue weighted by Gasteiger charge is 2.56. The van der Waals surface area contributed by atoms with Crippen LogP contribution in [0.4, 0.5) is 5.95 Å². The molecule has 0 radical (unpaired) electrons. The smallest absolute Gasteiger partial charge is 0.225 e. The third kappa shape index (κ3) is 2.57.